The van der Waals surface area contributed by atoms with Gasteiger partial charge in [0.05, 0.1) is 0 Å². The topological polar surface area (TPSA) is 20.3 Å². The summed E-state index contributed by atoms with van der Waals surface area (Å²) in [6.07, 6.45) is 0.759. The van der Waals surface area contributed by atoms with Crippen LogP contribution in [0.4, 0.5) is 0 Å². The minimum absolute atomic E-state index is 0.518. The van der Waals surface area contributed by atoms with Gasteiger partial charge in [0.1, 0.15) is 0 Å². The Kier molecular flexibility index (Phi) is 3.58. The van der Waals surface area contributed by atoms with Crippen molar-refractivity contribution in [2.75, 3.05) is 7.05 Å². The summed E-state index contributed by atoms with van der Waals surface area (Å²) in [4.78, 5) is 11.9. The highest BCUT2D eigenvalue weighted by atomic mass is 35.5. The van der Waals surface area contributed by atoms with Crippen molar-refractivity contribution >= 4 is 29.6 Å². The molecule has 70 valence electrons. The molecule has 0 atom stereocenters. The maximum absolute atomic E-state index is 10.3. The van der Waals surface area contributed by atoms with Gasteiger partial charge in [0.2, 0.25) is 6.41 Å². The largest absolute Gasteiger partial charge is 0.344 e. The monoisotopic (exact) mass is 217 g/mol. The molecule has 0 radical (unpaired) electrons. The number of amides is 1. The maximum Gasteiger partial charge on any atom is 0.209 e. The average Bonchev–Trinajstić information content (AvgIpc) is 2.02. The molecule has 0 aliphatic carbocycles. The fourth-order valence-electron chi connectivity index (χ4n) is 1.03. The lowest BCUT2D eigenvalue weighted by molar-refractivity contribution is -0.117. The first-order valence-corrected chi connectivity index (χ1v) is 4.48. The number of carbonyl (C=O) groups excluding carboxylic acids is 1. The van der Waals surface area contributed by atoms with Gasteiger partial charge in [-0.2, -0.15) is 0 Å². The van der Waals surface area contributed by atoms with Crippen molar-refractivity contribution in [2.24, 2.45) is 0 Å². The molecule has 0 saturated carbocycles. The van der Waals surface area contributed by atoms with Crippen LogP contribution in [0.1, 0.15) is 5.56 Å². The van der Waals surface area contributed by atoms with E-state index in [0.717, 1.165) is 12.0 Å². The van der Waals surface area contributed by atoms with Gasteiger partial charge in [0.25, 0.3) is 0 Å². The molecule has 13 heavy (non-hydrogen) atoms. The predicted octanol–water partition coefficient (Wildman–Crippen LogP) is 2.58. The molecular formula is C9H9Cl2NO. The molecular weight excluding hydrogens is 209 g/mol. The van der Waals surface area contributed by atoms with Crippen molar-refractivity contribution < 1.29 is 4.79 Å². The summed E-state index contributed by atoms with van der Waals surface area (Å²) in [7, 11) is 1.70. The number of rotatable bonds is 3. The van der Waals surface area contributed by atoms with Crippen LogP contribution in [0.25, 0.3) is 0 Å². The molecule has 0 aliphatic rings. The Hall–Kier alpha value is -0.730. The van der Waals surface area contributed by atoms with E-state index in [4.69, 9.17) is 23.2 Å². The van der Waals surface area contributed by atoms with E-state index in [2.05, 4.69) is 0 Å². The molecule has 1 rings (SSSR count). The van der Waals surface area contributed by atoms with Crippen LogP contribution in [0.15, 0.2) is 18.2 Å². The van der Waals surface area contributed by atoms with Gasteiger partial charge >= 0.3 is 0 Å². The van der Waals surface area contributed by atoms with Crippen molar-refractivity contribution in [3.63, 3.8) is 0 Å². The molecule has 0 N–H and O–H groups in total. The van der Waals surface area contributed by atoms with Crippen molar-refractivity contribution in [1.29, 1.82) is 0 Å². The van der Waals surface area contributed by atoms with Gasteiger partial charge in [-0.3, -0.25) is 4.79 Å². The number of hydrogen-bond donors (Lipinski definition) is 0. The van der Waals surface area contributed by atoms with E-state index in [1.165, 1.54) is 4.90 Å². The van der Waals surface area contributed by atoms with Gasteiger partial charge in [0, 0.05) is 23.6 Å². The third-order valence-electron chi connectivity index (χ3n) is 1.53. The summed E-state index contributed by atoms with van der Waals surface area (Å²) < 4.78 is 0. The summed E-state index contributed by atoms with van der Waals surface area (Å²) in [6.45, 7) is 0.518. The van der Waals surface area contributed by atoms with Crippen LogP contribution in [0.2, 0.25) is 10.0 Å². The molecule has 2 nitrogen and oxygen atoms in total. The SMILES string of the molecule is CN(C=O)Cc1cc(Cl)cc(Cl)c1. The van der Waals surface area contributed by atoms with Crippen LogP contribution in [-0.4, -0.2) is 18.4 Å². The van der Waals surface area contributed by atoms with E-state index < -0.39 is 0 Å². The van der Waals surface area contributed by atoms with Crippen LogP contribution < -0.4 is 0 Å². The van der Waals surface area contributed by atoms with Gasteiger partial charge < -0.3 is 4.90 Å². The average molecular weight is 218 g/mol. The fraction of sp³-hybridized carbons (Fsp3) is 0.222. The molecule has 0 spiro atoms. The van der Waals surface area contributed by atoms with Crippen molar-refractivity contribution in [3.8, 4) is 0 Å². The molecule has 0 heterocycles. The highest BCUT2D eigenvalue weighted by Gasteiger charge is 2.00. The summed E-state index contributed by atoms with van der Waals surface area (Å²) in [5.41, 5.74) is 0.923. The zero-order valence-corrected chi connectivity index (χ0v) is 8.64. The van der Waals surface area contributed by atoms with E-state index in [0.29, 0.717) is 16.6 Å². The predicted molar refractivity (Wildman–Crippen MR) is 54.0 cm³/mol. The summed E-state index contributed by atoms with van der Waals surface area (Å²) >= 11 is 11.6. The van der Waals surface area contributed by atoms with Gasteiger partial charge in [-0.15, -0.1) is 0 Å². The first kappa shape index (κ1) is 10.4. The summed E-state index contributed by atoms with van der Waals surface area (Å²) in [5, 5.41) is 1.17. The van der Waals surface area contributed by atoms with E-state index in [-0.39, 0.29) is 0 Å². The molecule has 0 bridgehead atoms. The van der Waals surface area contributed by atoms with Gasteiger partial charge in [0.15, 0.2) is 0 Å². The Bertz CT molecular complexity index is 294. The zero-order chi connectivity index (χ0) is 9.84. The van der Waals surface area contributed by atoms with Crippen LogP contribution in [0.3, 0.4) is 0 Å². The number of hydrogen-bond acceptors (Lipinski definition) is 1. The van der Waals surface area contributed by atoms with Crippen molar-refractivity contribution in [2.45, 2.75) is 6.54 Å². The quantitative estimate of drug-likeness (QED) is 0.714. The Balaban J connectivity index is 2.82. The van der Waals surface area contributed by atoms with Crippen molar-refractivity contribution in [3.05, 3.63) is 33.8 Å². The number of carbonyl (C=O) groups is 1. The lowest BCUT2D eigenvalue weighted by Gasteiger charge is -2.10. The highest BCUT2D eigenvalue weighted by molar-refractivity contribution is 6.34. The van der Waals surface area contributed by atoms with Crippen LogP contribution in [-0.2, 0) is 11.3 Å². The minimum atomic E-state index is 0.518. The summed E-state index contributed by atoms with van der Waals surface area (Å²) in [5.74, 6) is 0. The number of nitrogens with zero attached hydrogens (tertiary/aromatic N) is 1. The first-order chi connectivity index (χ1) is 6.11. The maximum atomic E-state index is 10.3. The molecule has 1 amide bonds. The van der Waals surface area contributed by atoms with Gasteiger partial charge in [-0.1, -0.05) is 23.2 Å². The van der Waals surface area contributed by atoms with Crippen LogP contribution >= 0.6 is 23.2 Å². The molecule has 0 saturated heterocycles. The normalized spacial score (nSPS) is 9.77. The number of benzene rings is 1. The second kappa shape index (κ2) is 4.49. The second-order valence-corrected chi connectivity index (χ2v) is 3.67. The Morgan fingerprint density at radius 2 is 1.85 bits per heavy atom. The van der Waals surface area contributed by atoms with Gasteiger partial charge in [-0.05, 0) is 23.8 Å². The smallest absolute Gasteiger partial charge is 0.209 e. The fourth-order valence-corrected chi connectivity index (χ4v) is 1.60. The van der Waals surface area contributed by atoms with Crippen LogP contribution in [0, 0.1) is 0 Å². The molecule has 0 unspecified atom stereocenters. The molecule has 1 aromatic carbocycles. The zero-order valence-electron chi connectivity index (χ0n) is 7.13. The third kappa shape index (κ3) is 3.25. The van der Waals surface area contributed by atoms with Crippen molar-refractivity contribution in [1.82, 2.24) is 4.90 Å². The minimum Gasteiger partial charge on any atom is -0.344 e. The standard InChI is InChI=1S/C9H9Cl2NO/c1-12(6-13)5-7-2-8(10)4-9(11)3-7/h2-4,6H,5H2,1H3. The Morgan fingerprint density at radius 1 is 1.31 bits per heavy atom. The van der Waals surface area contributed by atoms with Crippen LogP contribution in [0.5, 0.6) is 0 Å². The van der Waals surface area contributed by atoms with E-state index >= 15 is 0 Å². The van der Waals surface area contributed by atoms with E-state index in [1.54, 1.807) is 25.2 Å². The molecule has 0 fully saturated rings. The first-order valence-electron chi connectivity index (χ1n) is 3.72. The van der Waals surface area contributed by atoms with Gasteiger partial charge in [-0.25, -0.2) is 0 Å². The molecule has 0 aliphatic heterocycles. The van der Waals surface area contributed by atoms with E-state index in [9.17, 15) is 4.79 Å². The third-order valence-corrected chi connectivity index (χ3v) is 1.97. The molecule has 0 aromatic heterocycles. The highest BCUT2D eigenvalue weighted by Crippen LogP contribution is 2.19. The molecule has 1 aromatic rings. The Labute approximate surface area is 87.1 Å². The molecule has 4 heteroatoms. The summed E-state index contributed by atoms with van der Waals surface area (Å²) in [6, 6.07) is 5.23. The Morgan fingerprint density at radius 3 is 2.31 bits per heavy atom. The lowest BCUT2D eigenvalue weighted by atomic mass is 10.2. The second-order valence-electron chi connectivity index (χ2n) is 2.80. The number of halogens is 2. The van der Waals surface area contributed by atoms with E-state index in [1.807, 2.05) is 0 Å². The lowest BCUT2D eigenvalue weighted by Crippen LogP contribution is -2.14.